The molecule has 15 heavy (non-hydrogen) atoms. The van der Waals surface area contributed by atoms with Gasteiger partial charge in [0.2, 0.25) is 5.91 Å². The summed E-state index contributed by atoms with van der Waals surface area (Å²) in [5.74, 6) is -0.986. The molecule has 1 unspecified atom stereocenters. The second kappa shape index (κ2) is 6.63. The number of halogens is 1. The first-order chi connectivity index (χ1) is 6.29. The Morgan fingerprint density at radius 3 is 2.27 bits per heavy atom. The molecule has 0 rings (SSSR count). The van der Waals surface area contributed by atoms with Gasteiger partial charge >= 0.3 is 5.97 Å². The molecule has 0 aliphatic heterocycles. The first-order valence-corrected chi connectivity index (χ1v) is 4.44. The Kier molecular flexibility index (Phi) is 7.35. The molecule has 0 saturated carbocycles. The lowest BCUT2D eigenvalue weighted by Gasteiger charge is -2.19. The van der Waals surface area contributed by atoms with Gasteiger partial charge in [-0.3, -0.25) is 9.59 Å². The van der Waals surface area contributed by atoms with E-state index in [1.807, 2.05) is 0 Å². The summed E-state index contributed by atoms with van der Waals surface area (Å²) in [6.45, 7) is 5.12. The molecule has 3 N–H and O–H groups in total. The molecule has 0 spiro atoms. The first-order valence-electron chi connectivity index (χ1n) is 4.44. The average Bonchev–Trinajstić information content (AvgIpc) is 2.10. The molecule has 1 atom stereocenters. The number of nitrogens with one attached hydrogen (secondary N) is 1. The van der Waals surface area contributed by atoms with Gasteiger partial charge in [0.1, 0.15) is 0 Å². The van der Waals surface area contributed by atoms with Crippen LogP contribution in [0.1, 0.15) is 20.8 Å². The van der Waals surface area contributed by atoms with Gasteiger partial charge < -0.3 is 15.8 Å². The van der Waals surface area contributed by atoms with Gasteiger partial charge in [-0.15, -0.1) is 12.4 Å². The first kappa shape index (κ1) is 16.6. The highest BCUT2D eigenvalue weighted by Gasteiger charge is 2.23. The van der Waals surface area contributed by atoms with E-state index >= 15 is 0 Å². The SMILES string of the molecule is COC(=O)C(C)CNC(=O)C(C)(C)N.Cl. The Bertz CT molecular complexity index is 226. The van der Waals surface area contributed by atoms with Crippen molar-refractivity contribution in [2.24, 2.45) is 11.7 Å². The molecule has 5 nitrogen and oxygen atoms in total. The Morgan fingerprint density at radius 2 is 1.93 bits per heavy atom. The predicted molar refractivity (Wildman–Crippen MR) is 59.7 cm³/mol. The molecular formula is C9H19ClN2O3. The molecular weight excluding hydrogens is 220 g/mol. The van der Waals surface area contributed by atoms with Crippen molar-refractivity contribution in [1.29, 1.82) is 0 Å². The fraction of sp³-hybridized carbons (Fsp3) is 0.778. The van der Waals surface area contributed by atoms with Crippen LogP contribution in [-0.4, -0.2) is 31.1 Å². The van der Waals surface area contributed by atoms with Gasteiger partial charge in [-0.2, -0.15) is 0 Å². The van der Waals surface area contributed by atoms with Gasteiger partial charge in [0.05, 0.1) is 18.6 Å². The van der Waals surface area contributed by atoms with E-state index in [4.69, 9.17) is 5.73 Å². The van der Waals surface area contributed by atoms with Crippen molar-refractivity contribution in [1.82, 2.24) is 5.32 Å². The molecule has 0 saturated heterocycles. The molecule has 0 radical (unpaired) electrons. The molecule has 0 aliphatic rings. The number of amides is 1. The van der Waals surface area contributed by atoms with Crippen LogP contribution in [0.4, 0.5) is 0 Å². The molecule has 6 heteroatoms. The number of esters is 1. The van der Waals surface area contributed by atoms with Crippen LogP contribution in [0.25, 0.3) is 0 Å². The second-order valence-electron chi connectivity index (χ2n) is 3.86. The Hall–Kier alpha value is -0.810. The van der Waals surface area contributed by atoms with E-state index in [1.165, 1.54) is 7.11 Å². The Labute approximate surface area is 96.1 Å². The minimum absolute atomic E-state index is 0. The quantitative estimate of drug-likeness (QED) is 0.680. The number of hydrogen-bond donors (Lipinski definition) is 2. The van der Waals surface area contributed by atoms with Gasteiger partial charge in [-0.25, -0.2) is 0 Å². The lowest BCUT2D eigenvalue weighted by atomic mass is 10.1. The van der Waals surface area contributed by atoms with Crippen LogP contribution in [0.2, 0.25) is 0 Å². The van der Waals surface area contributed by atoms with Gasteiger partial charge in [0.25, 0.3) is 0 Å². The van der Waals surface area contributed by atoms with E-state index in [0.29, 0.717) is 0 Å². The molecule has 0 heterocycles. The lowest BCUT2D eigenvalue weighted by molar-refractivity contribution is -0.144. The van der Waals surface area contributed by atoms with E-state index in [9.17, 15) is 9.59 Å². The maximum atomic E-state index is 11.3. The van der Waals surface area contributed by atoms with Crippen LogP contribution in [0.5, 0.6) is 0 Å². The van der Waals surface area contributed by atoms with Crippen LogP contribution in [0.15, 0.2) is 0 Å². The van der Waals surface area contributed by atoms with E-state index in [1.54, 1.807) is 20.8 Å². The van der Waals surface area contributed by atoms with Crippen molar-refractivity contribution < 1.29 is 14.3 Å². The summed E-state index contributed by atoms with van der Waals surface area (Å²) in [7, 11) is 1.31. The zero-order valence-electron chi connectivity index (χ0n) is 9.49. The molecule has 0 fully saturated rings. The molecule has 0 aromatic rings. The van der Waals surface area contributed by atoms with Crippen molar-refractivity contribution >= 4 is 24.3 Å². The summed E-state index contributed by atoms with van der Waals surface area (Å²) in [6, 6.07) is 0. The maximum Gasteiger partial charge on any atom is 0.310 e. The maximum absolute atomic E-state index is 11.3. The van der Waals surface area contributed by atoms with Crippen molar-refractivity contribution in [3.8, 4) is 0 Å². The summed E-state index contributed by atoms with van der Waals surface area (Å²) >= 11 is 0. The van der Waals surface area contributed by atoms with E-state index in [2.05, 4.69) is 10.1 Å². The van der Waals surface area contributed by atoms with Crippen LogP contribution in [0, 0.1) is 5.92 Å². The fourth-order valence-corrected chi connectivity index (χ4v) is 0.758. The lowest BCUT2D eigenvalue weighted by Crippen LogP contribution is -2.50. The molecule has 0 bridgehead atoms. The Morgan fingerprint density at radius 1 is 1.47 bits per heavy atom. The molecule has 0 aromatic carbocycles. The normalized spacial score (nSPS) is 12.3. The highest BCUT2D eigenvalue weighted by atomic mass is 35.5. The van der Waals surface area contributed by atoms with E-state index in [0.717, 1.165) is 0 Å². The molecule has 0 aliphatic carbocycles. The van der Waals surface area contributed by atoms with Crippen molar-refractivity contribution in [3.63, 3.8) is 0 Å². The van der Waals surface area contributed by atoms with Gasteiger partial charge in [-0.1, -0.05) is 6.92 Å². The summed E-state index contributed by atoms with van der Waals surface area (Å²) in [5.41, 5.74) is 4.62. The zero-order chi connectivity index (χ0) is 11.4. The molecule has 1 amide bonds. The average molecular weight is 239 g/mol. The standard InChI is InChI=1S/C9H18N2O3.ClH/c1-6(7(12)14-4)5-11-8(13)9(2,3)10;/h6H,5,10H2,1-4H3,(H,11,13);1H. The van der Waals surface area contributed by atoms with E-state index in [-0.39, 0.29) is 36.7 Å². The number of ether oxygens (including phenoxy) is 1. The summed E-state index contributed by atoms with van der Waals surface area (Å²) in [4.78, 5) is 22.3. The number of methoxy groups -OCH3 is 1. The third kappa shape index (κ3) is 6.30. The van der Waals surface area contributed by atoms with Crippen molar-refractivity contribution in [2.45, 2.75) is 26.3 Å². The summed E-state index contributed by atoms with van der Waals surface area (Å²) in [5, 5.41) is 2.57. The predicted octanol–water partition coefficient (Wildman–Crippen LogP) is 0.0708. The van der Waals surface area contributed by atoms with Gasteiger partial charge in [-0.05, 0) is 13.8 Å². The minimum atomic E-state index is -0.921. The number of rotatable bonds is 4. The molecule has 90 valence electrons. The third-order valence-electron chi connectivity index (χ3n) is 1.76. The highest BCUT2D eigenvalue weighted by molar-refractivity contribution is 5.85. The van der Waals surface area contributed by atoms with Crippen LogP contribution in [0.3, 0.4) is 0 Å². The van der Waals surface area contributed by atoms with Crippen molar-refractivity contribution in [3.05, 3.63) is 0 Å². The molecule has 0 aromatic heterocycles. The van der Waals surface area contributed by atoms with E-state index < -0.39 is 5.54 Å². The van der Waals surface area contributed by atoms with Crippen molar-refractivity contribution in [2.75, 3.05) is 13.7 Å². The summed E-state index contributed by atoms with van der Waals surface area (Å²) < 4.78 is 4.51. The van der Waals surface area contributed by atoms with Crippen LogP contribution < -0.4 is 11.1 Å². The number of carbonyl (C=O) groups is 2. The van der Waals surface area contributed by atoms with Gasteiger partial charge in [0, 0.05) is 6.54 Å². The topological polar surface area (TPSA) is 81.4 Å². The fourth-order valence-electron chi connectivity index (χ4n) is 0.758. The van der Waals surface area contributed by atoms with Crippen LogP contribution in [-0.2, 0) is 14.3 Å². The number of carbonyl (C=O) groups excluding carboxylic acids is 2. The highest BCUT2D eigenvalue weighted by Crippen LogP contribution is 1.99. The number of nitrogens with two attached hydrogens (primary N) is 1. The third-order valence-corrected chi connectivity index (χ3v) is 1.76. The minimum Gasteiger partial charge on any atom is -0.469 e. The monoisotopic (exact) mass is 238 g/mol. The zero-order valence-corrected chi connectivity index (χ0v) is 10.3. The second-order valence-corrected chi connectivity index (χ2v) is 3.86. The van der Waals surface area contributed by atoms with Gasteiger partial charge in [0.15, 0.2) is 0 Å². The number of hydrogen-bond acceptors (Lipinski definition) is 4. The van der Waals surface area contributed by atoms with Crippen LogP contribution >= 0.6 is 12.4 Å². The summed E-state index contributed by atoms with van der Waals surface area (Å²) in [6.07, 6.45) is 0. The Balaban J connectivity index is 0. The smallest absolute Gasteiger partial charge is 0.310 e. The largest absolute Gasteiger partial charge is 0.469 e.